The van der Waals surface area contributed by atoms with Crippen LogP contribution in [0.25, 0.3) is 34.1 Å². The third kappa shape index (κ3) is 8.64. The Labute approximate surface area is 296 Å². The molecule has 15 heteroatoms. The van der Waals surface area contributed by atoms with E-state index in [1.165, 1.54) is 0 Å². The van der Waals surface area contributed by atoms with Gasteiger partial charge in [-0.05, 0) is 72.6 Å². The van der Waals surface area contributed by atoms with E-state index in [1.807, 2.05) is 72.8 Å². The fourth-order valence-electron chi connectivity index (χ4n) is 5.69. The molecular formula is C37H32N6O9. The van der Waals surface area contributed by atoms with Crippen molar-refractivity contribution in [2.75, 3.05) is 32.3 Å². The molecule has 1 aromatic carbocycles. The van der Waals surface area contributed by atoms with Crippen LogP contribution in [0.15, 0.2) is 89.3 Å². The number of carbonyl (C=O) groups is 4. The Kier molecular flexibility index (Phi) is 9.95. The first kappa shape index (κ1) is 34.0. The molecule has 0 bridgehead atoms. The summed E-state index contributed by atoms with van der Waals surface area (Å²) < 4.78 is 25.4. The van der Waals surface area contributed by atoms with Crippen LogP contribution in [0.2, 0.25) is 0 Å². The number of cyclic esters (lactones) is 6. The van der Waals surface area contributed by atoms with Gasteiger partial charge in [-0.1, -0.05) is 24.3 Å². The largest absolute Gasteiger partial charge is 0.517 e. The lowest BCUT2D eigenvalue weighted by atomic mass is 10.1. The van der Waals surface area contributed by atoms with E-state index in [0.717, 1.165) is 23.3 Å². The molecule has 0 amide bonds. The average molecular weight is 705 g/mol. The first-order valence-electron chi connectivity index (χ1n) is 16.3. The summed E-state index contributed by atoms with van der Waals surface area (Å²) >= 11 is 0. The number of hydrogen-bond acceptors (Lipinski definition) is 15. The normalized spacial score (nSPS) is 15.6. The lowest BCUT2D eigenvalue weighted by Crippen LogP contribution is -2.29. The van der Waals surface area contributed by atoms with E-state index in [4.69, 9.17) is 34.6 Å². The van der Waals surface area contributed by atoms with Crippen molar-refractivity contribution in [3.8, 4) is 34.1 Å². The van der Waals surface area contributed by atoms with Crippen LogP contribution in [0.5, 0.6) is 0 Å². The molecule has 7 rings (SSSR count). The molecule has 2 aliphatic heterocycles. The minimum atomic E-state index is -1.04. The third-order valence-corrected chi connectivity index (χ3v) is 8.15. The van der Waals surface area contributed by atoms with Crippen LogP contribution in [0.1, 0.15) is 22.7 Å². The minimum Gasteiger partial charge on any atom is -0.461 e. The number of nitrogens with zero attached hydrogens (tertiary/aromatic N) is 5. The summed E-state index contributed by atoms with van der Waals surface area (Å²) in [6.45, 7) is -0.120. The number of anilines is 1. The fourth-order valence-corrected chi connectivity index (χ4v) is 5.69. The number of hydrogen-bond donors (Lipinski definition) is 1. The van der Waals surface area contributed by atoms with Crippen molar-refractivity contribution < 1.29 is 42.5 Å². The Bertz CT molecular complexity index is 2030. The zero-order valence-electron chi connectivity index (χ0n) is 27.7. The van der Waals surface area contributed by atoms with Gasteiger partial charge in [0.2, 0.25) is 0 Å². The number of nitrogens with two attached hydrogens (primary N) is 1. The highest BCUT2D eigenvalue weighted by Crippen LogP contribution is 2.31. The summed E-state index contributed by atoms with van der Waals surface area (Å²) in [6, 6.07) is 26.3. The summed E-state index contributed by atoms with van der Waals surface area (Å²) in [5, 5.41) is 0. The lowest BCUT2D eigenvalue weighted by molar-refractivity contribution is -0.139. The second kappa shape index (κ2) is 15.2. The highest BCUT2D eigenvalue weighted by Gasteiger charge is 2.25. The number of nitrogen functional groups attached to an aromatic ring is 1. The Morgan fingerprint density at radius 2 is 1.17 bits per heavy atom. The average Bonchev–Trinajstić information content (AvgIpc) is 3.47. The second-order valence-corrected chi connectivity index (χ2v) is 12.1. The molecule has 264 valence electrons. The molecule has 52 heavy (non-hydrogen) atoms. The van der Waals surface area contributed by atoms with Gasteiger partial charge in [0.05, 0.1) is 34.2 Å². The van der Waals surface area contributed by atoms with Crippen LogP contribution in [0.3, 0.4) is 0 Å². The number of esters is 2. The number of benzene rings is 1. The summed E-state index contributed by atoms with van der Waals surface area (Å²) in [7, 11) is 0. The smallest absolute Gasteiger partial charge is 0.461 e. The second-order valence-electron chi connectivity index (χ2n) is 12.1. The molecule has 0 saturated carbocycles. The summed E-state index contributed by atoms with van der Waals surface area (Å²) in [6.07, 6.45) is -0.621. The van der Waals surface area contributed by atoms with Gasteiger partial charge >= 0.3 is 24.2 Å². The standard InChI is InChI=1S/C37H32N6O9/c38-25-10-7-23(8-11-25)9-12-28-13-14-33(50-28)24-15-31(29-5-1-3-26(39-29)17-42-19-34(44)51-36(46)48-21-42)41-32(16-24)30-6-2-4-27(40-30)18-43-20-35(45)52-37(47)49-22-43/h1-8,10-11,13-16H,9,12,17-22,38H2. The first-order chi connectivity index (χ1) is 25.2. The molecule has 4 aromatic heterocycles. The number of carbonyl (C=O) groups excluding carboxylic acids is 4. The molecule has 6 heterocycles. The molecule has 5 aromatic rings. The molecule has 2 saturated heterocycles. The van der Waals surface area contributed by atoms with Gasteiger partial charge in [-0.25, -0.2) is 24.5 Å². The maximum atomic E-state index is 12.0. The van der Waals surface area contributed by atoms with Gasteiger partial charge in [-0.3, -0.25) is 19.4 Å². The van der Waals surface area contributed by atoms with E-state index in [2.05, 4.69) is 9.47 Å². The predicted octanol–water partition coefficient (Wildman–Crippen LogP) is 4.74. The zero-order chi connectivity index (χ0) is 36.0. The van der Waals surface area contributed by atoms with Crippen molar-refractivity contribution in [3.63, 3.8) is 0 Å². The molecule has 2 aliphatic rings. The first-order valence-corrected chi connectivity index (χ1v) is 16.3. The molecule has 0 aliphatic carbocycles. The molecule has 2 N–H and O–H groups in total. The van der Waals surface area contributed by atoms with Crippen LogP contribution in [0, 0.1) is 0 Å². The van der Waals surface area contributed by atoms with Crippen LogP contribution < -0.4 is 5.73 Å². The van der Waals surface area contributed by atoms with Crippen molar-refractivity contribution in [1.82, 2.24) is 24.8 Å². The SMILES string of the molecule is Nc1ccc(CCc2ccc(-c3cc(-c4cccc(CN5COC(=O)OC(=O)C5)n4)nc(-c4cccc(CN5COC(=O)OC(=O)C5)n4)c3)o2)cc1. The molecule has 0 spiro atoms. The van der Waals surface area contributed by atoms with E-state index < -0.39 is 24.2 Å². The highest BCUT2D eigenvalue weighted by atomic mass is 16.8. The van der Waals surface area contributed by atoms with Crippen molar-refractivity contribution in [1.29, 1.82) is 0 Å². The monoisotopic (exact) mass is 704 g/mol. The predicted molar refractivity (Wildman–Crippen MR) is 182 cm³/mol. The molecule has 0 radical (unpaired) electrons. The van der Waals surface area contributed by atoms with E-state index >= 15 is 0 Å². The zero-order valence-corrected chi connectivity index (χ0v) is 27.7. The number of rotatable bonds is 10. The maximum Gasteiger partial charge on any atom is 0.517 e. The van der Waals surface area contributed by atoms with Gasteiger partial charge in [0.25, 0.3) is 0 Å². The van der Waals surface area contributed by atoms with Crippen molar-refractivity contribution in [3.05, 3.63) is 108 Å². The van der Waals surface area contributed by atoms with E-state index in [9.17, 15) is 19.2 Å². The quantitative estimate of drug-likeness (QED) is 0.119. The van der Waals surface area contributed by atoms with Gasteiger partial charge in [0.15, 0.2) is 0 Å². The maximum absolute atomic E-state index is 12.0. The topological polar surface area (TPSA) is 190 Å². The number of aryl methyl sites for hydroxylation is 2. The van der Waals surface area contributed by atoms with Crippen LogP contribution >= 0.6 is 0 Å². The number of furan rings is 1. The van der Waals surface area contributed by atoms with E-state index in [-0.39, 0.29) is 39.6 Å². The number of pyridine rings is 3. The highest BCUT2D eigenvalue weighted by molar-refractivity contribution is 5.84. The molecule has 0 atom stereocenters. The molecule has 2 fully saturated rings. The van der Waals surface area contributed by atoms with Crippen LogP contribution in [0.4, 0.5) is 15.3 Å². The molecular weight excluding hydrogens is 672 g/mol. The Morgan fingerprint density at radius 1 is 0.615 bits per heavy atom. The van der Waals surface area contributed by atoms with Gasteiger partial charge < -0.3 is 29.1 Å². The van der Waals surface area contributed by atoms with Crippen molar-refractivity contribution in [2.45, 2.75) is 25.9 Å². The van der Waals surface area contributed by atoms with E-state index in [1.54, 1.807) is 21.9 Å². The Hall–Kier alpha value is -6.45. The van der Waals surface area contributed by atoms with Crippen LogP contribution in [-0.4, -0.2) is 75.6 Å². The lowest BCUT2D eigenvalue weighted by Gasteiger charge is -2.17. The Morgan fingerprint density at radius 3 is 1.73 bits per heavy atom. The van der Waals surface area contributed by atoms with Crippen molar-refractivity contribution in [2.24, 2.45) is 0 Å². The summed E-state index contributed by atoms with van der Waals surface area (Å²) in [4.78, 5) is 64.8. The third-order valence-electron chi connectivity index (χ3n) is 8.15. The minimum absolute atomic E-state index is 0.128. The number of aromatic nitrogens is 3. The van der Waals surface area contributed by atoms with Gasteiger partial charge in [-0.2, -0.15) is 0 Å². The summed E-state index contributed by atoms with van der Waals surface area (Å²) in [5.41, 5.74) is 11.8. The van der Waals surface area contributed by atoms with Crippen LogP contribution in [-0.2, 0) is 54.5 Å². The Balaban J connectivity index is 1.19. The van der Waals surface area contributed by atoms with Gasteiger partial charge in [0, 0.05) is 30.8 Å². The molecule has 15 nitrogen and oxygen atoms in total. The van der Waals surface area contributed by atoms with Gasteiger partial charge in [0.1, 0.15) is 38.1 Å². The number of ether oxygens (including phenoxy) is 4. The molecule has 0 unspecified atom stereocenters. The van der Waals surface area contributed by atoms with Crippen molar-refractivity contribution >= 4 is 29.9 Å². The van der Waals surface area contributed by atoms with E-state index in [0.29, 0.717) is 52.0 Å². The van der Waals surface area contributed by atoms with Gasteiger partial charge in [-0.15, -0.1) is 0 Å². The fraction of sp³-hybridized carbons (Fsp3) is 0.216. The summed E-state index contributed by atoms with van der Waals surface area (Å²) in [5.74, 6) is 0.00516.